The fourth-order valence-electron chi connectivity index (χ4n) is 2.13. The van der Waals surface area contributed by atoms with E-state index in [0.717, 1.165) is 30.3 Å². The van der Waals surface area contributed by atoms with E-state index in [1.807, 2.05) is 0 Å². The second-order valence-corrected chi connectivity index (χ2v) is 5.83. The van der Waals surface area contributed by atoms with E-state index >= 15 is 0 Å². The standard InChI is InChI=1S/C16H26ClN/c1-5-11-18-15(10-9-12(2)3)14-8-6-7-13(4)16(14)17/h6-8,12,15,18H,5,9-11H2,1-4H3. The molecule has 0 radical (unpaired) electrons. The van der Waals surface area contributed by atoms with E-state index in [4.69, 9.17) is 11.6 Å². The molecular weight excluding hydrogens is 242 g/mol. The number of hydrogen-bond donors (Lipinski definition) is 1. The highest BCUT2D eigenvalue weighted by molar-refractivity contribution is 6.32. The van der Waals surface area contributed by atoms with E-state index in [2.05, 4.69) is 51.2 Å². The average Bonchev–Trinajstić information content (AvgIpc) is 2.33. The fraction of sp³-hybridized carbons (Fsp3) is 0.625. The normalized spacial score (nSPS) is 13.0. The molecule has 1 nitrogen and oxygen atoms in total. The summed E-state index contributed by atoms with van der Waals surface area (Å²) in [5.74, 6) is 0.736. The maximum absolute atomic E-state index is 6.44. The largest absolute Gasteiger partial charge is 0.310 e. The zero-order valence-electron chi connectivity index (χ0n) is 12.1. The zero-order chi connectivity index (χ0) is 13.5. The van der Waals surface area contributed by atoms with Gasteiger partial charge in [-0.2, -0.15) is 0 Å². The van der Waals surface area contributed by atoms with Gasteiger partial charge in [0, 0.05) is 11.1 Å². The van der Waals surface area contributed by atoms with Crippen molar-refractivity contribution >= 4 is 11.6 Å². The molecule has 0 heterocycles. The van der Waals surface area contributed by atoms with Crippen molar-refractivity contribution in [1.82, 2.24) is 5.32 Å². The van der Waals surface area contributed by atoms with E-state index in [9.17, 15) is 0 Å². The van der Waals surface area contributed by atoms with Crippen molar-refractivity contribution in [2.24, 2.45) is 5.92 Å². The third kappa shape index (κ3) is 4.62. The van der Waals surface area contributed by atoms with Crippen LogP contribution in [0.3, 0.4) is 0 Å². The van der Waals surface area contributed by atoms with Crippen LogP contribution in [0, 0.1) is 12.8 Å². The van der Waals surface area contributed by atoms with Gasteiger partial charge in [-0.25, -0.2) is 0 Å². The Balaban J connectivity index is 2.83. The van der Waals surface area contributed by atoms with Crippen molar-refractivity contribution in [2.45, 2.75) is 53.0 Å². The van der Waals surface area contributed by atoms with Gasteiger partial charge in [-0.15, -0.1) is 0 Å². The van der Waals surface area contributed by atoms with Crippen LogP contribution in [0.1, 0.15) is 57.2 Å². The van der Waals surface area contributed by atoms with Crippen molar-refractivity contribution in [2.75, 3.05) is 6.54 Å². The minimum absolute atomic E-state index is 0.389. The number of hydrogen-bond acceptors (Lipinski definition) is 1. The van der Waals surface area contributed by atoms with Gasteiger partial charge in [0.25, 0.3) is 0 Å². The maximum atomic E-state index is 6.44. The highest BCUT2D eigenvalue weighted by Crippen LogP contribution is 2.29. The van der Waals surface area contributed by atoms with Crippen LogP contribution in [0.4, 0.5) is 0 Å². The van der Waals surface area contributed by atoms with E-state index in [1.54, 1.807) is 0 Å². The smallest absolute Gasteiger partial charge is 0.0482 e. The van der Waals surface area contributed by atoms with Gasteiger partial charge < -0.3 is 5.32 Å². The molecule has 0 bridgehead atoms. The summed E-state index contributed by atoms with van der Waals surface area (Å²) in [7, 11) is 0. The second-order valence-electron chi connectivity index (χ2n) is 5.46. The molecule has 1 aromatic rings. The molecule has 1 N–H and O–H groups in total. The summed E-state index contributed by atoms with van der Waals surface area (Å²) < 4.78 is 0. The van der Waals surface area contributed by atoms with Crippen LogP contribution in [0.5, 0.6) is 0 Å². The quantitative estimate of drug-likeness (QED) is 0.723. The number of benzene rings is 1. The average molecular weight is 268 g/mol. The Morgan fingerprint density at radius 2 is 1.94 bits per heavy atom. The third-order valence-corrected chi connectivity index (χ3v) is 3.79. The molecule has 0 aromatic heterocycles. The predicted molar refractivity (Wildman–Crippen MR) is 81.3 cm³/mol. The summed E-state index contributed by atoms with van der Waals surface area (Å²) in [5.41, 5.74) is 2.42. The molecule has 18 heavy (non-hydrogen) atoms. The van der Waals surface area contributed by atoms with E-state index in [-0.39, 0.29) is 0 Å². The summed E-state index contributed by atoms with van der Waals surface area (Å²) in [6, 6.07) is 6.72. The van der Waals surface area contributed by atoms with Crippen LogP contribution in [0.2, 0.25) is 5.02 Å². The first-order chi connectivity index (χ1) is 8.56. The lowest BCUT2D eigenvalue weighted by atomic mass is 9.96. The molecule has 0 aliphatic rings. The lowest BCUT2D eigenvalue weighted by Gasteiger charge is -2.22. The number of rotatable bonds is 7. The minimum atomic E-state index is 0.389. The highest BCUT2D eigenvalue weighted by Gasteiger charge is 2.15. The van der Waals surface area contributed by atoms with Crippen LogP contribution >= 0.6 is 11.6 Å². The van der Waals surface area contributed by atoms with Gasteiger partial charge in [0.15, 0.2) is 0 Å². The van der Waals surface area contributed by atoms with Crippen LogP contribution in [-0.4, -0.2) is 6.54 Å². The van der Waals surface area contributed by atoms with Gasteiger partial charge in [0.05, 0.1) is 0 Å². The summed E-state index contributed by atoms with van der Waals surface area (Å²) in [6.45, 7) is 9.87. The molecule has 0 fully saturated rings. The van der Waals surface area contributed by atoms with Crippen molar-refractivity contribution in [1.29, 1.82) is 0 Å². The second kappa shape index (κ2) is 7.81. The molecule has 1 unspecified atom stereocenters. The molecule has 2 heteroatoms. The SMILES string of the molecule is CCCNC(CCC(C)C)c1cccc(C)c1Cl. The summed E-state index contributed by atoms with van der Waals surface area (Å²) in [5, 5.41) is 4.55. The first kappa shape index (κ1) is 15.5. The van der Waals surface area contributed by atoms with E-state index in [0.29, 0.717) is 6.04 Å². The number of nitrogens with one attached hydrogen (secondary N) is 1. The van der Waals surface area contributed by atoms with Gasteiger partial charge in [0.2, 0.25) is 0 Å². The zero-order valence-corrected chi connectivity index (χ0v) is 12.8. The highest BCUT2D eigenvalue weighted by atomic mass is 35.5. The summed E-state index contributed by atoms with van der Waals surface area (Å²) >= 11 is 6.44. The molecular formula is C16H26ClN. The Labute approximate surface area is 117 Å². The molecule has 0 saturated heterocycles. The Morgan fingerprint density at radius 3 is 2.56 bits per heavy atom. The lowest BCUT2D eigenvalue weighted by Crippen LogP contribution is -2.23. The molecule has 0 aliphatic carbocycles. The third-order valence-electron chi connectivity index (χ3n) is 3.27. The van der Waals surface area contributed by atoms with Gasteiger partial charge in [-0.05, 0) is 49.8 Å². The minimum Gasteiger partial charge on any atom is -0.310 e. The van der Waals surface area contributed by atoms with Crippen LogP contribution in [-0.2, 0) is 0 Å². The van der Waals surface area contributed by atoms with Gasteiger partial charge in [0.1, 0.15) is 0 Å². The molecule has 1 aromatic carbocycles. The van der Waals surface area contributed by atoms with Gasteiger partial charge in [-0.3, -0.25) is 0 Å². The van der Waals surface area contributed by atoms with Crippen molar-refractivity contribution in [3.63, 3.8) is 0 Å². The predicted octanol–water partition coefficient (Wildman–Crippen LogP) is 5.13. The molecule has 0 saturated carbocycles. The fourth-order valence-corrected chi connectivity index (χ4v) is 2.38. The molecule has 0 spiro atoms. The van der Waals surface area contributed by atoms with E-state index in [1.165, 1.54) is 17.5 Å². The number of aryl methyl sites for hydroxylation is 1. The Bertz CT molecular complexity index is 360. The first-order valence-corrected chi connectivity index (χ1v) is 7.42. The monoisotopic (exact) mass is 267 g/mol. The molecule has 0 amide bonds. The van der Waals surface area contributed by atoms with Gasteiger partial charge >= 0.3 is 0 Å². The molecule has 1 atom stereocenters. The van der Waals surface area contributed by atoms with Gasteiger partial charge in [-0.1, -0.05) is 50.6 Å². The molecule has 1 rings (SSSR count). The Hall–Kier alpha value is -0.530. The maximum Gasteiger partial charge on any atom is 0.0482 e. The Morgan fingerprint density at radius 1 is 1.22 bits per heavy atom. The van der Waals surface area contributed by atoms with Crippen molar-refractivity contribution in [3.05, 3.63) is 34.3 Å². The molecule has 0 aliphatic heterocycles. The lowest BCUT2D eigenvalue weighted by molar-refractivity contribution is 0.440. The van der Waals surface area contributed by atoms with Crippen LogP contribution < -0.4 is 5.32 Å². The summed E-state index contributed by atoms with van der Waals surface area (Å²) in [6.07, 6.45) is 3.54. The van der Waals surface area contributed by atoms with Crippen molar-refractivity contribution < 1.29 is 0 Å². The van der Waals surface area contributed by atoms with Crippen LogP contribution in [0.15, 0.2) is 18.2 Å². The van der Waals surface area contributed by atoms with Crippen molar-refractivity contribution in [3.8, 4) is 0 Å². The summed E-state index contributed by atoms with van der Waals surface area (Å²) in [4.78, 5) is 0. The number of halogens is 1. The topological polar surface area (TPSA) is 12.0 Å². The first-order valence-electron chi connectivity index (χ1n) is 7.04. The molecule has 102 valence electrons. The van der Waals surface area contributed by atoms with E-state index < -0.39 is 0 Å². The Kier molecular flexibility index (Phi) is 6.73. The van der Waals surface area contributed by atoms with Crippen LogP contribution in [0.25, 0.3) is 0 Å².